The molecule has 0 saturated carbocycles. The molecule has 0 bridgehead atoms. The fraction of sp³-hybridized carbons (Fsp3) is 0.444. The number of rotatable bonds is 8. The summed E-state index contributed by atoms with van der Waals surface area (Å²) in [6.07, 6.45) is 1.61. The summed E-state index contributed by atoms with van der Waals surface area (Å²) in [4.78, 5) is 15.0. The van der Waals surface area contributed by atoms with Gasteiger partial charge < -0.3 is 14.4 Å². The zero-order chi connectivity index (χ0) is 19.9. The third-order valence-electron chi connectivity index (χ3n) is 4.39. The largest absolute Gasteiger partial charge is 0.484 e. The molecule has 0 spiro atoms. The van der Waals surface area contributed by atoms with Crippen LogP contribution in [0.3, 0.4) is 0 Å². The van der Waals surface area contributed by atoms with E-state index in [-0.39, 0.29) is 17.9 Å². The molecule has 0 amide bonds. The molecule has 9 nitrogen and oxygen atoms in total. The summed E-state index contributed by atoms with van der Waals surface area (Å²) < 4.78 is 34.3. The van der Waals surface area contributed by atoms with Crippen LogP contribution in [0.15, 0.2) is 41.3 Å². The average Bonchev–Trinajstić information content (AvgIpc) is 2.72. The third-order valence-corrected chi connectivity index (χ3v) is 5.20. The second-order valence-corrected chi connectivity index (χ2v) is 7.08. The van der Waals surface area contributed by atoms with E-state index < -0.39 is 11.3 Å². The van der Waals surface area contributed by atoms with Crippen LogP contribution < -0.4 is 15.2 Å². The summed E-state index contributed by atoms with van der Waals surface area (Å²) in [5.74, 6) is 0.206. The van der Waals surface area contributed by atoms with Gasteiger partial charge in [0.25, 0.3) is 0 Å². The minimum atomic E-state index is -1.99. The first-order valence-electron chi connectivity index (χ1n) is 9.11. The fourth-order valence-corrected chi connectivity index (χ4v) is 3.45. The molecule has 28 heavy (non-hydrogen) atoms. The maximum absolute atomic E-state index is 13.1. The molecule has 0 radical (unpaired) electrons. The molecule has 0 aliphatic carbocycles. The summed E-state index contributed by atoms with van der Waals surface area (Å²) in [7, 11) is 0. The minimum absolute atomic E-state index is 0.206. The molecule has 10 heteroatoms. The lowest BCUT2D eigenvalue weighted by molar-refractivity contribution is 0.109. The van der Waals surface area contributed by atoms with Crippen LogP contribution in [0.25, 0.3) is 5.69 Å². The molecule has 1 aromatic carbocycles. The minimum Gasteiger partial charge on any atom is -0.484 e. The van der Waals surface area contributed by atoms with Gasteiger partial charge in [0.2, 0.25) is 17.0 Å². The maximum atomic E-state index is 13.1. The highest BCUT2D eigenvalue weighted by molar-refractivity contribution is 7.76. The molecule has 2 heterocycles. The smallest absolute Gasteiger partial charge is 0.316 e. The van der Waals surface area contributed by atoms with E-state index in [0.29, 0.717) is 50.8 Å². The van der Waals surface area contributed by atoms with E-state index in [2.05, 4.69) is 5.10 Å². The van der Waals surface area contributed by atoms with E-state index in [1.807, 2.05) is 30.0 Å². The maximum Gasteiger partial charge on any atom is 0.316 e. The molecule has 1 atom stereocenters. The number of hydrogen-bond acceptors (Lipinski definition) is 6. The highest BCUT2D eigenvalue weighted by atomic mass is 32.2. The Labute approximate surface area is 165 Å². The molecule has 1 aliphatic rings. The number of ether oxygens (including phenoxy) is 2. The average molecular weight is 408 g/mol. The van der Waals surface area contributed by atoms with Crippen molar-refractivity contribution >= 4 is 17.0 Å². The SMILES string of the molecule is CCOCCOc1c(N2CCN(S(=O)O)CC2)cnn(-c2ccccc2)c1=O. The lowest BCUT2D eigenvalue weighted by atomic mass is 10.3. The Bertz CT molecular complexity index is 853. The molecule has 1 saturated heterocycles. The molecule has 1 aliphatic heterocycles. The number of benzene rings is 1. The van der Waals surface area contributed by atoms with Gasteiger partial charge in [-0.1, -0.05) is 18.2 Å². The van der Waals surface area contributed by atoms with Gasteiger partial charge in [0.15, 0.2) is 0 Å². The Morgan fingerprint density at radius 2 is 1.86 bits per heavy atom. The summed E-state index contributed by atoms with van der Waals surface area (Å²) in [6, 6.07) is 9.14. The first-order valence-corrected chi connectivity index (χ1v) is 10.2. The number of para-hydroxylation sites is 1. The predicted octanol–water partition coefficient (Wildman–Crippen LogP) is 0.906. The van der Waals surface area contributed by atoms with Crippen molar-refractivity contribution in [1.29, 1.82) is 0 Å². The second kappa shape index (κ2) is 9.78. The summed E-state index contributed by atoms with van der Waals surface area (Å²) in [5, 5.41) is 4.31. The Hall–Kier alpha value is -2.27. The van der Waals surface area contributed by atoms with E-state index in [9.17, 15) is 13.6 Å². The van der Waals surface area contributed by atoms with Gasteiger partial charge in [-0.25, -0.2) is 4.21 Å². The predicted molar refractivity (Wildman–Crippen MR) is 106 cm³/mol. The van der Waals surface area contributed by atoms with E-state index in [1.165, 1.54) is 8.99 Å². The molecular formula is C18H24N4O5S. The van der Waals surface area contributed by atoms with Gasteiger partial charge in [-0.2, -0.15) is 14.1 Å². The fourth-order valence-electron chi connectivity index (χ4n) is 2.98. The van der Waals surface area contributed by atoms with Gasteiger partial charge in [0.05, 0.1) is 18.5 Å². The highest BCUT2D eigenvalue weighted by Gasteiger charge is 2.25. The van der Waals surface area contributed by atoms with Crippen molar-refractivity contribution in [1.82, 2.24) is 14.1 Å². The number of anilines is 1. The van der Waals surface area contributed by atoms with Crippen LogP contribution in [0.2, 0.25) is 0 Å². The van der Waals surface area contributed by atoms with Gasteiger partial charge >= 0.3 is 5.56 Å². The number of aromatic nitrogens is 2. The Balaban J connectivity index is 1.89. The van der Waals surface area contributed by atoms with Crippen LogP contribution in [-0.2, 0) is 16.0 Å². The highest BCUT2D eigenvalue weighted by Crippen LogP contribution is 2.25. The molecule has 1 unspecified atom stereocenters. The van der Waals surface area contributed by atoms with Gasteiger partial charge in [-0.3, -0.25) is 9.35 Å². The zero-order valence-electron chi connectivity index (χ0n) is 15.7. The van der Waals surface area contributed by atoms with Crippen LogP contribution in [0.4, 0.5) is 5.69 Å². The van der Waals surface area contributed by atoms with Gasteiger partial charge in [-0.05, 0) is 19.1 Å². The van der Waals surface area contributed by atoms with E-state index in [0.717, 1.165) is 0 Å². The molecule has 1 fully saturated rings. The topological polar surface area (TPSA) is 97.1 Å². The standard InChI is InChI=1S/C18H24N4O5S/c1-2-26-12-13-27-17-16(20-8-10-21(11-9-20)28(24)25)14-19-22(18(17)23)15-6-4-3-5-7-15/h3-7,14H,2,8-13H2,1H3,(H,24,25). The first-order chi connectivity index (χ1) is 13.6. The van der Waals surface area contributed by atoms with Crippen LogP contribution in [0.5, 0.6) is 5.75 Å². The van der Waals surface area contributed by atoms with E-state index in [1.54, 1.807) is 18.3 Å². The van der Waals surface area contributed by atoms with Gasteiger partial charge in [0.1, 0.15) is 12.3 Å². The van der Waals surface area contributed by atoms with Crippen LogP contribution >= 0.6 is 0 Å². The van der Waals surface area contributed by atoms with Crippen molar-refractivity contribution in [3.05, 3.63) is 46.9 Å². The summed E-state index contributed by atoms with van der Waals surface area (Å²) in [6.45, 7) is 4.88. The van der Waals surface area contributed by atoms with Crippen LogP contribution in [0, 0.1) is 0 Å². The van der Waals surface area contributed by atoms with Crippen molar-refractivity contribution < 1.29 is 18.2 Å². The normalized spacial score (nSPS) is 16.1. The Kier molecular flexibility index (Phi) is 7.15. The van der Waals surface area contributed by atoms with Gasteiger partial charge in [-0.15, -0.1) is 0 Å². The Morgan fingerprint density at radius 1 is 1.14 bits per heavy atom. The monoisotopic (exact) mass is 408 g/mol. The molecule has 152 valence electrons. The van der Waals surface area contributed by atoms with Crippen molar-refractivity contribution in [2.75, 3.05) is 50.9 Å². The third kappa shape index (κ3) is 4.76. The molecule has 2 aromatic rings. The number of piperazine rings is 1. The molecule has 1 N–H and O–H groups in total. The molecule has 3 rings (SSSR count). The summed E-state index contributed by atoms with van der Waals surface area (Å²) in [5.41, 5.74) is 0.875. The quantitative estimate of drug-likeness (QED) is 0.512. The summed E-state index contributed by atoms with van der Waals surface area (Å²) >= 11 is -1.99. The van der Waals surface area contributed by atoms with Gasteiger partial charge in [0, 0.05) is 32.8 Å². The second-order valence-electron chi connectivity index (χ2n) is 6.10. The Morgan fingerprint density at radius 3 is 2.50 bits per heavy atom. The lowest BCUT2D eigenvalue weighted by Gasteiger charge is -2.34. The van der Waals surface area contributed by atoms with Crippen LogP contribution in [-0.4, -0.2) is 68.8 Å². The molecule has 1 aromatic heterocycles. The van der Waals surface area contributed by atoms with Crippen LogP contribution in [0.1, 0.15) is 6.92 Å². The zero-order valence-corrected chi connectivity index (χ0v) is 16.5. The van der Waals surface area contributed by atoms with Crippen molar-refractivity contribution in [2.24, 2.45) is 0 Å². The van der Waals surface area contributed by atoms with E-state index >= 15 is 0 Å². The first kappa shape index (κ1) is 20.5. The number of hydrogen-bond donors (Lipinski definition) is 1. The van der Waals surface area contributed by atoms with Crippen molar-refractivity contribution in [3.63, 3.8) is 0 Å². The van der Waals surface area contributed by atoms with E-state index in [4.69, 9.17) is 9.47 Å². The number of nitrogens with zero attached hydrogens (tertiary/aromatic N) is 4. The van der Waals surface area contributed by atoms with Crippen molar-refractivity contribution in [3.8, 4) is 11.4 Å². The lowest BCUT2D eigenvalue weighted by Crippen LogP contribution is -2.47. The van der Waals surface area contributed by atoms with Crippen molar-refractivity contribution in [2.45, 2.75) is 6.92 Å². The molecular weight excluding hydrogens is 384 g/mol.